The molecule has 0 amide bonds. The minimum Gasteiger partial charge on any atom is -0.125 e. The predicted octanol–water partition coefficient (Wildman–Crippen LogP) is 5.43. The lowest BCUT2D eigenvalue weighted by molar-refractivity contribution is 0.675. The monoisotopic (exact) mass is 326 g/mol. The zero-order valence-electron chi connectivity index (χ0n) is 9.88. The molecule has 0 aromatic heterocycles. The highest BCUT2D eigenvalue weighted by molar-refractivity contribution is 14.1. The van der Waals surface area contributed by atoms with E-state index in [1.165, 1.54) is 34.8 Å². The summed E-state index contributed by atoms with van der Waals surface area (Å²) in [5, 5.41) is 0. The third-order valence-corrected chi connectivity index (χ3v) is 3.45. The zero-order valence-corrected chi connectivity index (χ0v) is 12.0. The Morgan fingerprint density at radius 1 is 1.19 bits per heavy atom. The molecule has 0 heterocycles. The van der Waals surface area contributed by atoms with Crippen molar-refractivity contribution in [2.24, 2.45) is 0 Å². The van der Waals surface area contributed by atoms with Crippen molar-refractivity contribution in [3.8, 4) is 0 Å². The van der Waals surface area contributed by atoms with Gasteiger partial charge in [0.1, 0.15) is 0 Å². The van der Waals surface area contributed by atoms with E-state index in [0.717, 1.165) is 6.42 Å². The molecule has 86 valence electrons. The molecule has 0 N–H and O–H groups in total. The smallest absolute Gasteiger partial charge is 0.0208 e. The molecule has 0 aliphatic rings. The zero-order chi connectivity index (χ0) is 11.6. The molecule has 0 aliphatic carbocycles. The molecule has 0 aliphatic heterocycles. The van der Waals surface area contributed by atoms with E-state index in [1.54, 1.807) is 0 Å². The van der Waals surface area contributed by atoms with Gasteiger partial charge in [0.25, 0.3) is 0 Å². The summed E-state index contributed by atoms with van der Waals surface area (Å²) in [6.45, 7) is 2.24. The Morgan fingerprint density at radius 3 is 2.75 bits per heavy atom. The summed E-state index contributed by atoms with van der Waals surface area (Å²) in [6.07, 6.45) is 10.7. The van der Waals surface area contributed by atoms with Gasteiger partial charge in [-0.25, -0.2) is 0 Å². The number of hydrogen-bond acceptors (Lipinski definition) is 0. The number of hydrogen-bond donors (Lipinski definition) is 0. The molecular formula is C15H19I. The molecule has 0 unspecified atom stereocenters. The van der Waals surface area contributed by atoms with E-state index in [2.05, 4.69) is 71.7 Å². The standard InChI is InChI=1S/C15H19I/c1-2-3-4-5-6-7-8-11-14-12-9-10-13-15(14)16/h7,9-13H,2-6H2,1H3. The molecule has 0 saturated carbocycles. The molecule has 0 bridgehead atoms. The van der Waals surface area contributed by atoms with E-state index >= 15 is 0 Å². The minimum absolute atomic E-state index is 1.15. The van der Waals surface area contributed by atoms with E-state index < -0.39 is 0 Å². The minimum atomic E-state index is 1.15. The van der Waals surface area contributed by atoms with Crippen LogP contribution >= 0.6 is 22.6 Å². The fraction of sp³-hybridized carbons (Fsp3) is 0.400. The second kappa shape index (κ2) is 8.60. The average molecular weight is 326 g/mol. The Morgan fingerprint density at radius 2 is 2.00 bits per heavy atom. The molecule has 1 heteroatoms. The van der Waals surface area contributed by atoms with E-state index in [1.807, 2.05) is 0 Å². The maximum Gasteiger partial charge on any atom is 0.0208 e. The topological polar surface area (TPSA) is 0 Å². The second-order valence-electron chi connectivity index (χ2n) is 3.89. The quantitative estimate of drug-likeness (QED) is 0.371. The van der Waals surface area contributed by atoms with E-state index in [9.17, 15) is 0 Å². The third-order valence-electron chi connectivity index (χ3n) is 2.46. The fourth-order valence-corrected chi connectivity index (χ4v) is 2.04. The van der Waals surface area contributed by atoms with Crippen molar-refractivity contribution in [1.82, 2.24) is 0 Å². The molecule has 1 aromatic rings. The molecule has 0 atom stereocenters. The van der Waals surface area contributed by atoms with Crippen LogP contribution in [-0.2, 0) is 0 Å². The van der Waals surface area contributed by atoms with Gasteiger partial charge in [0, 0.05) is 3.57 Å². The normalized spacial score (nSPS) is 9.62. The molecule has 0 nitrogen and oxygen atoms in total. The van der Waals surface area contributed by atoms with Gasteiger partial charge in [-0.3, -0.25) is 0 Å². The predicted molar refractivity (Wildman–Crippen MR) is 80.5 cm³/mol. The van der Waals surface area contributed by atoms with Gasteiger partial charge in [0.15, 0.2) is 0 Å². The Kier molecular flexibility index (Phi) is 7.28. The lowest BCUT2D eigenvalue weighted by Gasteiger charge is -1.94. The van der Waals surface area contributed by atoms with Crippen molar-refractivity contribution in [2.45, 2.75) is 39.0 Å². The van der Waals surface area contributed by atoms with Gasteiger partial charge in [-0.05, 0) is 59.2 Å². The van der Waals surface area contributed by atoms with Gasteiger partial charge in [-0.2, -0.15) is 0 Å². The summed E-state index contributed by atoms with van der Waals surface area (Å²) in [4.78, 5) is 0. The van der Waals surface area contributed by atoms with Gasteiger partial charge >= 0.3 is 0 Å². The van der Waals surface area contributed by atoms with Crippen molar-refractivity contribution >= 4 is 28.7 Å². The lowest BCUT2D eigenvalue weighted by atomic mass is 10.1. The first-order valence-corrected chi connectivity index (χ1v) is 7.08. The van der Waals surface area contributed by atoms with Gasteiger partial charge in [0.05, 0.1) is 0 Å². The van der Waals surface area contributed by atoms with Crippen LogP contribution in [0.5, 0.6) is 0 Å². The Hall–Kier alpha value is -0.530. The van der Waals surface area contributed by atoms with Gasteiger partial charge in [0.2, 0.25) is 0 Å². The Labute approximate surface area is 113 Å². The first-order valence-electron chi connectivity index (χ1n) is 6.00. The van der Waals surface area contributed by atoms with Gasteiger partial charge < -0.3 is 0 Å². The van der Waals surface area contributed by atoms with Crippen LogP contribution in [0, 0.1) is 3.57 Å². The molecule has 1 rings (SSSR count). The summed E-state index contributed by atoms with van der Waals surface area (Å²) in [7, 11) is 0. The maximum absolute atomic E-state index is 3.26. The van der Waals surface area contributed by atoms with Crippen molar-refractivity contribution in [3.63, 3.8) is 0 Å². The second-order valence-corrected chi connectivity index (χ2v) is 5.05. The van der Waals surface area contributed by atoms with Gasteiger partial charge in [-0.1, -0.05) is 44.4 Å². The highest BCUT2D eigenvalue weighted by atomic mass is 127. The Balaban J connectivity index is 2.36. The van der Waals surface area contributed by atoms with Crippen LogP contribution in [0.15, 0.2) is 36.1 Å². The number of rotatable bonds is 6. The molecule has 0 fully saturated rings. The lowest BCUT2D eigenvalue weighted by Crippen LogP contribution is -1.76. The van der Waals surface area contributed by atoms with E-state index in [4.69, 9.17) is 0 Å². The number of unbranched alkanes of at least 4 members (excludes halogenated alkanes) is 4. The van der Waals surface area contributed by atoms with E-state index in [-0.39, 0.29) is 0 Å². The van der Waals surface area contributed by atoms with Crippen molar-refractivity contribution in [1.29, 1.82) is 0 Å². The number of allylic oxidation sites excluding steroid dienone is 1. The van der Waals surface area contributed by atoms with Crippen LogP contribution in [0.1, 0.15) is 44.6 Å². The summed E-state index contributed by atoms with van der Waals surface area (Å²) in [6, 6.07) is 8.37. The molecule has 0 spiro atoms. The molecule has 1 aromatic carbocycles. The maximum atomic E-state index is 3.26. The molecular weight excluding hydrogens is 307 g/mol. The van der Waals surface area contributed by atoms with Gasteiger partial charge in [-0.15, -0.1) is 5.73 Å². The largest absolute Gasteiger partial charge is 0.125 e. The first-order chi connectivity index (χ1) is 7.84. The summed E-state index contributed by atoms with van der Waals surface area (Å²) >= 11 is 2.35. The van der Waals surface area contributed by atoms with Crippen LogP contribution in [0.2, 0.25) is 0 Å². The van der Waals surface area contributed by atoms with E-state index in [0.29, 0.717) is 0 Å². The third kappa shape index (κ3) is 5.53. The molecule has 16 heavy (non-hydrogen) atoms. The van der Waals surface area contributed by atoms with Crippen LogP contribution < -0.4 is 0 Å². The first kappa shape index (κ1) is 13.5. The Bertz CT molecular complexity index is 359. The fourth-order valence-electron chi connectivity index (χ4n) is 1.50. The van der Waals surface area contributed by atoms with Crippen molar-refractivity contribution < 1.29 is 0 Å². The van der Waals surface area contributed by atoms with Crippen molar-refractivity contribution in [2.75, 3.05) is 0 Å². The number of benzene rings is 1. The summed E-state index contributed by atoms with van der Waals surface area (Å²) < 4.78 is 1.28. The SMILES string of the molecule is CCCCCCC=C=Cc1ccccc1I. The summed E-state index contributed by atoms with van der Waals surface area (Å²) in [5.41, 5.74) is 4.52. The van der Waals surface area contributed by atoms with Crippen LogP contribution in [-0.4, -0.2) is 0 Å². The average Bonchev–Trinajstić information content (AvgIpc) is 2.30. The summed E-state index contributed by atoms with van der Waals surface area (Å²) in [5.74, 6) is 0. The van der Waals surface area contributed by atoms with Crippen LogP contribution in [0.3, 0.4) is 0 Å². The molecule has 0 saturated heterocycles. The van der Waals surface area contributed by atoms with Crippen molar-refractivity contribution in [3.05, 3.63) is 45.2 Å². The molecule has 0 radical (unpaired) electrons. The highest BCUT2D eigenvalue weighted by Crippen LogP contribution is 2.12. The number of halogens is 1. The van der Waals surface area contributed by atoms with Crippen LogP contribution in [0.4, 0.5) is 0 Å². The highest BCUT2D eigenvalue weighted by Gasteiger charge is 1.90. The van der Waals surface area contributed by atoms with Crippen LogP contribution in [0.25, 0.3) is 6.08 Å².